The fraction of sp³-hybridized carbons (Fsp3) is 0.200. The molecule has 0 fully saturated rings. The van der Waals surface area contributed by atoms with E-state index in [4.69, 9.17) is 5.73 Å². The van der Waals surface area contributed by atoms with Crippen LogP contribution in [0.25, 0.3) is 22.5 Å². The summed E-state index contributed by atoms with van der Waals surface area (Å²) in [6, 6.07) is 14.0. The lowest BCUT2D eigenvalue weighted by atomic mass is 10.0. The van der Waals surface area contributed by atoms with Gasteiger partial charge in [0.05, 0.1) is 5.56 Å². The lowest BCUT2D eigenvalue weighted by Gasteiger charge is -2.12. The molecule has 26 heavy (non-hydrogen) atoms. The molecule has 0 radical (unpaired) electrons. The predicted octanol–water partition coefficient (Wildman–Crippen LogP) is 3.37. The molecule has 134 valence electrons. The minimum atomic E-state index is 0.0552. The van der Waals surface area contributed by atoms with Gasteiger partial charge in [0.2, 0.25) is 0 Å². The SMILES string of the molecule is CCC(N)CNc1ccnc(-c2cc(-c3ccc(O)cc3)ccc2O)n1. The Kier molecular flexibility index (Phi) is 5.34. The zero-order valence-corrected chi connectivity index (χ0v) is 14.6. The summed E-state index contributed by atoms with van der Waals surface area (Å²) in [5.74, 6) is 1.40. The number of aromatic hydroxyl groups is 2. The van der Waals surface area contributed by atoms with Crippen LogP contribution in [-0.4, -0.2) is 32.8 Å². The molecule has 0 saturated heterocycles. The zero-order chi connectivity index (χ0) is 18.5. The molecule has 0 aliphatic carbocycles. The average Bonchev–Trinajstić information content (AvgIpc) is 2.67. The second-order valence-corrected chi connectivity index (χ2v) is 6.09. The van der Waals surface area contributed by atoms with E-state index >= 15 is 0 Å². The maximum Gasteiger partial charge on any atom is 0.165 e. The van der Waals surface area contributed by atoms with Crippen LogP contribution in [0.4, 0.5) is 5.82 Å². The lowest BCUT2D eigenvalue weighted by molar-refractivity contribution is 0.475. The van der Waals surface area contributed by atoms with Gasteiger partial charge in [-0.25, -0.2) is 9.97 Å². The topological polar surface area (TPSA) is 104 Å². The number of hydrogen-bond acceptors (Lipinski definition) is 6. The number of hydrogen-bond donors (Lipinski definition) is 4. The van der Waals surface area contributed by atoms with Gasteiger partial charge in [-0.05, 0) is 47.9 Å². The molecule has 2 aromatic carbocycles. The van der Waals surface area contributed by atoms with Crippen LogP contribution >= 0.6 is 0 Å². The van der Waals surface area contributed by atoms with Crippen LogP contribution in [0.3, 0.4) is 0 Å². The maximum absolute atomic E-state index is 10.3. The summed E-state index contributed by atoms with van der Waals surface area (Å²) in [6.07, 6.45) is 2.52. The van der Waals surface area contributed by atoms with Crippen LogP contribution in [-0.2, 0) is 0 Å². The van der Waals surface area contributed by atoms with Crippen molar-refractivity contribution in [1.82, 2.24) is 9.97 Å². The summed E-state index contributed by atoms with van der Waals surface area (Å²) in [6.45, 7) is 2.65. The normalized spacial score (nSPS) is 11.9. The number of phenols is 2. The molecular formula is C20H22N4O2. The van der Waals surface area contributed by atoms with Gasteiger partial charge >= 0.3 is 0 Å². The zero-order valence-electron chi connectivity index (χ0n) is 14.6. The highest BCUT2D eigenvalue weighted by Gasteiger charge is 2.11. The third-order valence-corrected chi connectivity index (χ3v) is 4.16. The third kappa shape index (κ3) is 4.10. The van der Waals surface area contributed by atoms with E-state index in [9.17, 15) is 10.2 Å². The number of nitrogens with one attached hydrogen (secondary N) is 1. The van der Waals surface area contributed by atoms with E-state index in [-0.39, 0.29) is 17.5 Å². The van der Waals surface area contributed by atoms with Crippen molar-refractivity contribution in [3.05, 3.63) is 54.7 Å². The minimum Gasteiger partial charge on any atom is -0.508 e. The molecule has 3 rings (SSSR count). The van der Waals surface area contributed by atoms with E-state index in [1.54, 1.807) is 30.5 Å². The van der Waals surface area contributed by atoms with E-state index in [2.05, 4.69) is 15.3 Å². The first kappa shape index (κ1) is 17.7. The molecule has 0 aliphatic heterocycles. The minimum absolute atomic E-state index is 0.0552. The van der Waals surface area contributed by atoms with Gasteiger partial charge in [0.15, 0.2) is 5.82 Å². The smallest absolute Gasteiger partial charge is 0.165 e. The Morgan fingerprint density at radius 2 is 1.77 bits per heavy atom. The first-order valence-electron chi connectivity index (χ1n) is 8.52. The molecule has 1 heterocycles. The number of benzene rings is 2. The highest BCUT2D eigenvalue weighted by atomic mass is 16.3. The van der Waals surface area contributed by atoms with Crippen LogP contribution in [0.5, 0.6) is 11.5 Å². The Hall–Kier alpha value is -3.12. The maximum atomic E-state index is 10.3. The Bertz CT molecular complexity index is 881. The molecule has 0 bridgehead atoms. The largest absolute Gasteiger partial charge is 0.508 e. The fourth-order valence-corrected chi connectivity index (χ4v) is 2.52. The van der Waals surface area contributed by atoms with Gasteiger partial charge < -0.3 is 21.3 Å². The van der Waals surface area contributed by atoms with E-state index in [0.29, 0.717) is 23.8 Å². The van der Waals surface area contributed by atoms with Gasteiger partial charge in [-0.1, -0.05) is 25.1 Å². The van der Waals surface area contributed by atoms with Crippen LogP contribution in [0.1, 0.15) is 13.3 Å². The van der Waals surface area contributed by atoms with Crippen LogP contribution in [0.15, 0.2) is 54.7 Å². The van der Waals surface area contributed by atoms with Gasteiger partial charge in [0.25, 0.3) is 0 Å². The number of nitrogens with zero attached hydrogens (tertiary/aromatic N) is 2. The molecule has 6 nitrogen and oxygen atoms in total. The van der Waals surface area contributed by atoms with Crippen LogP contribution in [0, 0.1) is 0 Å². The van der Waals surface area contributed by atoms with E-state index < -0.39 is 0 Å². The number of nitrogens with two attached hydrogens (primary N) is 1. The van der Waals surface area contributed by atoms with Crippen molar-refractivity contribution >= 4 is 5.82 Å². The number of rotatable bonds is 6. The van der Waals surface area contributed by atoms with Gasteiger partial charge in [-0.3, -0.25) is 0 Å². The first-order valence-corrected chi connectivity index (χ1v) is 8.52. The second-order valence-electron chi connectivity index (χ2n) is 6.09. The molecule has 3 aromatic rings. The van der Waals surface area contributed by atoms with Gasteiger partial charge in [0, 0.05) is 18.8 Å². The van der Waals surface area contributed by atoms with Gasteiger partial charge in [0.1, 0.15) is 17.3 Å². The quantitative estimate of drug-likeness (QED) is 0.543. The summed E-state index contributed by atoms with van der Waals surface area (Å²) in [4.78, 5) is 8.77. The second kappa shape index (κ2) is 7.84. The van der Waals surface area contributed by atoms with Gasteiger partial charge in [-0.15, -0.1) is 0 Å². The molecule has 6 heteroatoms. The molecule has 0 saturated carbocycles. The van der Waals surface area contributed by atoms with Crippen LogP contribution < -0.4 is 11.1 Å². The molecule has 0 aliphatic rings. The van der Waals surface area contributed by atoms with E-state index in [1.165, 1.54) is 0 Å². The standard InChI is InChI=1S/C20H22N4O2/c1-2-15(21)12-23-19-9-10-22-20(24-19)17-11-14(5-8-18(17)26)13-3-6-16(25)7-4-13/h3-11,15,25-26H,2,12,21H2,1H3,(H,22,23,24). The Morgan fingerprint density at radius 3 is 2.50 bits per heavy atom. The molecule has 5 N–H and O–H groups in total. The molecule has 0 amide bonds. The third-order valence-electron chi connectivity index (χ3n) is 4.16. The van der Waals surface area contributed by atoms with Crippen molar-refractivity contribution in [2.75, 3.05) is 11.9 Å². The molecule has 1 atom stereocenters. The highest BCUT2D eigenvalue weighted by molar-refractivity contribution is 5.74. The number of aromatic nitrogens is 2. The summed E-state index contributed by atoms with van der Waals surface area (Å²) in [7, 11) is 0. The van der Waals surface area contributed by atoms with Crippen LogP contribution in [0.2, 0.25) is 0 Å². The summed E-state index contributed by atoms with van der Waals surface area (Å²) >= 11 is 0. The van der Waals surface area contributed by atoms with Crippen molar-refractivity contribution in [3.8, 4) is 34.0 Å². The predicted molar refractivity (Wildman–Crippen MR) is 103 cm³/mol. The van der Waals surface area contributed by atoms with Crippen molar-refractivity contribution in [2.45, 2.75) is 19.4 Å². The van der Waals surface area contributed by atoms with Crippen molar-refractivity contribution in [3.63, 3.8) is 0 Å². The summed E-state index contributed by atoms with van der Waals surface area (Å²) in [5.41, 5.74) is 8.29. The molecule has 0 spiro atoms. The summed E-state index contributed by atoms with van der Waals surface area (Å²) < 4.78 is 0. The highest BCUT2D eigenvalue weighted by Crippen LogP contribution is 2.32. The lowest BCUT2D eigenvalue weighted by Crippen LogP contribution is -2.28. The molecule has 1 unspecified atom stereocenters. The Labute approximate surface area is 152 Å². The Morgan fingerprint density at radius 1 is 1.04 bits per heavy atom. The molecular weight excluding hydrogens is 328 g/mol. The fourth-order valence-electron chi connectivity index (χ4n) is 2.52. The molecule has 1 aromatic heterocycles. The monoisotopic (exact) mass is 350 g/mol. The van der Waals surface area contributed by atoms with Gasteiger partial charge in [-0.2, -0.15) is 0 Å². The van der Waals surface area contributed by atoms with Crippen molar-refractivity contribution in [2.24, 2.45) is 5.73 Å². The first-order chi connectivity index (χ1) is 12.6. The number of phenolic OH excluding ortho intramolecular Hbond substituents is 2. The average molecular weight is 350 g/mol. The van der Waals surface area contributed by atoms with E-state index in [1.807, 2.05) is 31.2 Å². The Balaban J connectivity index is 1.91. The van der Waals surface area contributed by atoms with E-state index in [0.717, 1.165) is 17.5 Å². The van der Waals surface area contributed by atoms with Crippen molar-refractivity contribution in [1.29, 1.82) is 0 Å². The van der Waals surface area contributed by atoms with Crippen molar-refractivity contribution < 1.29 is 10.2 Å². The summed E-state index contributed by atoms with van der Waals surface area (Å²) in [5, 5.41) is 22.9. The number of anilines is 1.